The minimum Gasteiger partial charge on any atom is -0.465 e. The van der Waals surface area contributed by atoms with Crippen LogP contribution in [0, 0.1) is 5.41 Å². The Morgan fingerprint density at radius 2 is 1.27 bits per heavy atom. The van der Waals surface area contributed by atoms with Gasteiger partial charge in [0.2, 0.25) is 0 Å². The molecule has 9 heteroatoms. The van der Waals surface area contributed by atoms with Gasteiger partial charge in [-0.1, -0.05) is 30.3 Å². The average molecular weight is 441 g/mol. The van der Waals surface area contributed by atoms with E-state index >= 15 is 0 Å². The van der Waals surface area contributed by atoms with Crippen molar-refractivity contribution in [2.24, 2.45) is 5.41 Å². The van der Waals surface area contributed by atoms with Gasteiger partial charge < -0.3 is 18.9 Å². The van der Waals surface area contributed by atoms with Crippen LogP contribution in [0.1, 0.15) is 32.8 Å². The van der Waals surface area contributed by atoms with Crippen LogP contribution in [-0.2, 0) is 44.7 Å². The van der Waals surface area contributed by atoms with Crippen molar-refractivity contribution in [3.8, 4) is 0 Å². The van der Waals surface area contributed by atoms with E-state index in [9.17, 15) is 19.2 Å². The summed E-state index contributed by atoms with van der Waals surface area (Å²) in [6, 6.07) is 6.59. The van der Waals surface area contributed by atoms with Gasteiger partial charge in [-0.15, -0.1) is 0 Å². The highest BCUT2D eigenvalue weighted by Crippen LogP contribution is 2.32. The van der Waals surface area contributed by atoms with Crippen molar-refractivity contribution in [3.63, 3.8) is 0 Å². The summed E-state index contributed by atoms with van der Waals surface area (Å²) >= 11 is 5.81. The molecule has 0 aliphatic heterocycles. The van der Waals surface area contributed by atoms with Gasteiger partial charge in [-0.05, 0) is 38.5 Å². The van der Waals surface area contributed by atoms with E-state index in [1.54, 1.807) is 24.3 Å². The predicted molar refractivity (Wildman–Crippen MR) is 107 cm³/mol. The summed E-state index contributed by atoms with van der Waals surface area (Å²) in [5.74, 6) is -4.46. The van der Waals surface area contributed by atoms with E-state index in [0.717, 1.165) is 0 Å². The van der Waals surface area contributed by atoms with E-state index in [-0.39, 0.29) is 32.0 Å². The van der Waals surface area contributed by atoms with Crippen molar-refractivity contribution in [2.45, 2.75) is 33.8 Å². The van der Waals surface area contributed by atoms with Gasteiger partial charge in [0.25, 0.3) is 5.41 Å². The molecule has 0 unspecified atom stereocenters. The lowest BCUT2D eigenvalue weighted by Crippen LogP contribution is -2.50. The molecule has 164 valence electrons. The molecule has 30 heavy (non-hydrogen) atoms. The Balaban J connectivity index is 3.09. The second-order valence-electron chi connectivity index (χ2n) is 6.05. The van der Waals surface area contributed by atoms with Crippen LogP contribution in [0.4, 0.5) is 0 Å². The monoisotopic (exact) mass is 440 g/mol. The van der Waals surface area contributed by atoms with Crippen LogP contribution in [0.2, 0.25) is 5.02 Å². The van der Waals surface area contributed by atoms with Gasteiger partial charge in [-0.2, -0.15) is 0 Å². The fourth-order valence-corrected chi connectivity index (χ4v) is 2.58. The lowest BCUT2D eigenvalue weighted by atomic mass is 9.81. The third-order valence-electron chi connectivity index (χ3n) is 3.92. The quantitative estimate of drug-likeness (QED) is 0.224. The van der Waals surface area contributed by atoms with E-state index in [0.29, 0.717) is 10.6 Å². The topological polar surface area (TPSA) is 105 Å². The number of benzene rings is 1. The zero-order valence-corrected chi connectivity index (χ0v) is 18.0. The minimum atomic E-state index is -2.52. The molecule has 1 aromatic carbocycles. The summed E-state index contributed by atoms with van der Waals surface area (Å²) in [5.41, 5.74) is -2.15. The summed E-state index contributed by atoms with van der Waals surface area (Å²) in [5, 5.41) is 0.526. The van der Waals surface area contributed by atoms with Crippen LogP contribution >= 0.6 is 11.6 Å². The molecule has 1 rings (SSSR count). The normalized spacial score (nSPS) is 10.7. The molecule has 0 aliphatic rings. The first-order chi connectivity index (χ1) is 14.2. The number of hydrogen-bond acceptors (Lipinski definition) is 8. The molecule has 0 N–H and O–H groups in total. The fourth-order valence-electron chi connectivity index (χ4n) is 2.45. The van der Waals surface area contributed by atoms with E-state index in [1.807, 2.05) is 0 Å². The van der Waals surface area contributed by atoms with Crippen molar-refractivity contribution < 1.29 is 38.1 Å². The molecule has 0 aliphatic carbocycles. The molecular weight excluding hydrogens is 416 g/mol. The summed E-state index contributed by atoms with van der Waals surface area (Å²) in [6.45, 7) is 7.69. The SMILES string of the molecule is C=C(CC(C(=O)OCC)(C(=O)OCC)C(=O)OCC)C(=O)OCc1ccc(Cl)cc1. The highest BCUT2D eigenvalue weighted by atomic mass is 35.5. The number of ether oxygens (including phenoxy) is 4. The number of rotatable bonds is 11. The first-order valence-corrected chi connectivity index (χ1v) is 9.71. The molecular formula is C21H25ClO8. The van der Waals surface area contributed by atoms with Gasteiger partial charge in [0, 0.05) is 17.0 Å². The number of esters is 4. The molecule has 0 bridgehead atoms. The van der Waals surface area contributed by atoms with Crippen molar-refractivity contribution in [1.82, 2.24) is 0 Å². The smallest absolute Gasteiger partial charge is 0.335 e. The summed E-state index contributed by atoms with van der Waals surface area (Å²) in [4.78, 5) is 50.3. The first-order valence-electron chi connectivity index (χ1n) is 9.33. The van der Waals surface area contributed by atoms with Crippen LogP contribution in [0.5, 0.6) is 0 Å². The minimum absolute atomic E-state index is 0.0970. The van der Waals surface area contributed by atoms with Crippen LogP contribution in [-0.4, -0.2) is 43.7 Å². The Labute approximate surface area is 180 Å². The predicted octanol–water partition coefficient (Wildman–Crippen LogP) is 3.01. The molecule has 0 fully saturated rings. The molecule has 8 nitrogen and oxygen atoms in total. The van der Waals surface area contributed by atoms with Crippen molar-refractivity contribution in [3.05, 3.63) is 47.0 Å². The molecule has 0 aromatic heterocycles. The van der Waals surface area contributed by atoms with Gasteiger partial charge >= 0.3 is 23.9 Å². The highest BCUT2D eigenvalue weighted by molar-refractivity contribution is 6.30. The van der Waals surface area contributed by atoms with Crippen LogP contribution in [0.25, 0.3) is 0 Å². The van der Waals surface area contributed by atoms with Gasteiger partial charge in [0.05, 0.1) is 19.8 Å². The Morgan fingerprint density at radius 3 is 1.67 bits per heavy atom. The van der Waals surface area contributed by atoms with Crippen LogP contribution in [0.15, 0.2) is 36.4 Å². The Kier molecular flexibility index (Phi) is 10.0. The second-order valence-corrected chi connectivity index (χ2v) is 6.49. The zero-order valence-electron chi connectivity index (χ0n) is 17.2. The van der Waals surface area contributed by atoms with Gasteiger partial charge in [0.15, 0.2) is 0 Å². The maximum Gasteiger partial charge on any atom is 0.335 e. The number of halogens is 1. The third kappa shape index (κ3) is 6.32. The highest BCUT2D eigenvalue weighted by Gasteiger charge is 2.58. The van der Waals surface area contributed by atoms with E-state index < -0.39 is 35.7 Å². The zero-order chi connectivity index (χ0) is 22.7. The van der Waals surface area contributed by atoms with Gasteiger partial charge in [-0.3, -0.25) is 14.4 Å². The van der Waals surface area contributed by atoms with Crippen molar-refractivity contribution >= 4 is 35.5 Å². The largest absolute Gasteiger partial charge is 0.465 e. The Morgan fingerprint density at radius 1 is 0.833 bits per heavy atom. The van der Waals surface area contributed by atoms with E-state index in [4.69, 9.17) is 30.5 Å². The molecule has 0 saturated heterocycles. The Bertz CT molecular complexity index is 739. The summed E-state index contributed by atoms with van der Waals surface area (Å²) in [7, 11) is 0. The molecule has 1 aromatic rings. The molecule has 0 saturated carbocycles. The number of carbonyl (C=O) groups excluding carboxylic acids is 4. The van der Waals surface area contributed by atoms with Crippen molar-refractivity contribution in [1.29, 1.82) is 0 Å². The van der Waals surface area contributed by atoms with Crippen LogP contribution in [0.3, 0.4) is 0 Å². The van der Waals surface area contributed by atoms with Gasteiger partial charge in [0.1, 0.15) is 6.61 Å². The molecule has 0 heterocycles. The van der Waals surface area contributed by atoms with E-state index in [1.165, 1.54) is 20.8 Å². The van der Waals surface area contributed by atoms with E-state index in [2.05, 4.69) is 6.58 Å². The molecule has 0 radical (unpaired) electrons. The first kappa shape index (κ1) is 25.2. The molecule has 0 spiro atoms. The molecule has 0 amide bonds. The number of carbonyl (C=O) groups is 4. The summed E-state index contributed by atoms with van der Waals surface area (Å²) < 4.78 is 19.9. The lowest BCUT2D eigenvalue weighted by Gasteiger charge is -2.27. The van der Waals surface area contributed by atoms with Crippen LogP contribution < -0.4 is 0 Å². The Hall–Kier alpha value is -2.87. The lowest BCUT2D eigenvalue weighted by molar-refractivity contribution is -0.183. The maximum atomic E-state index is 12.6. The summed E-state index contributed by atoms with van der Waals surface area (Å²) in [6.07, 6.45) is -0.705. The molecule has 0 atom stereocenters. The maximum absolute atomic E-state index is 12.6. The fraction of sp³-hybridized carbons (Fsp3) is 0.429. The number of hydrogen-bond donors (Lipinski definition) is 0. The second kappa shape index (κ2) is 12.0. The average Bonchev–Trinajstić information content (AvgIpc) is 2.71. The third-order valence-corrected chi connectivity index (χ3v) is 4.17. The van der Waals surface area contributed by atoms with Crippen molar-refractivity contribution in [2.75, 3.05) is 19.8 Å². The standard InChI is InChI=1S/C21H25ClO8/c1-5-27-18(24)21(19(25)28-6-2,20(26)29-7-3)12-14(4)17(23)30-13-15-8-10-16(22)11-9-15/h8-11H,4-7,12-13H2,1-3H3. The van der Waals surface area contributed by atoms with Gasteiger partial charge in [-0.25, -0.2) is 4.79 Å².